The lowest BCUT2D eigenvalue weighted by Gasteiger charge is -2.50. The van der Waals surface area contributed by atoms with Crippen molar-refractivity contribution in [2.45, 2.75) is 38.8 Å². The van der Waals surface area contributed by atoms with E-state index in [1.165, 1.54) is 24.6 Å². The van der Waals surface area contributed by atoms with E-state index in [-0.39, 0.29) is 36.1 Å². The quantitative estimate of drug-likeness (QED) is 0.446. The van der Waals surface area contributed by atoms with Crippen molar-refractivity contribution in [2.24, 2.45) is 22.7 Å². The largest absolute Gasteiger partial charge is 0.390 e. The van der Waals surface area contributed by atoms with Crippen LogP contribution in [0.5, 0.6) is 0 Å². The van der Waals surface area contributed by atoms with Gasteiger partial charge in [0.25, 0.3) is 5.91 Å². The molecule has 4 atom stereocenters. The number of amides is 4. The van der Waals surface area contributed by atoms with Crippen LogP contribution in [0.15, 0.2) is 42.0 Å². The second-order valence-electron chi connectivity index (χ2n) is 11.8. The Bertz CT molecular complexity index is 1240. The van der Waals surface area contributed by atoms with Crippen LogP contribution in [0.4, 0.5) is 0 Å². The third-order valence-electron chi connectivity index (χ3n) is 8.53. The molecule has 1 aliphatic carbocycles. The summed E-state index contributed by atoms with van der Waals surface area (Å²) in [7, 11) is 1.46. The van der Waals surface area contributed by atoms with E-state index in [0.29, 0.717) is 24.5 Å². The van der Waals surface area contributed by atoms with Gasteiger partial charge in [-0.3, -0.25) is 24.2 Å². The molecular weight excluding hydrogens is 518 g/mol. The van der Waals surface area contributed by atoms with E-state index in [1.807, 2.05) is 30.3 Å². The van der Waals surface area contributed by atoms with E-state index in [0.717, 1.165) is 12.0 Å². The van der Waals surface area contributed by atoms with Crippen LogP contribution in [0.25, 0.3) is 0 Å². The van der Waals surface area contributed by atoms with Gasteiger partial charge in [-0.1, -0.05) is 44.2 Å². The Labute approximate surface area is 231 Å². The summed E-state index contributed by atoms with van der Waals surface area (Å²) in [5, 5.41) is 16.3. The van der Waals surface area contributed by atoms with Gasteiger partial charge in [0.2, 0.25) is 17.7 Å². The number of rotatable bonds is 8. The molecule has 1 aromatic heterocycles. The standard InChI is InChI=1S/C28H35N5O5S/c1-27(2)10-18(27)25(37)33-14-28(15-33)13-32(26(38)21-11-30-16-39-21)12-19(28)23(35)31-22(24(36)29-3)20(34)9-17-7-5-4-6-8-17/h4-8,11,16,18-20,22,34H,9-10,12-15H2,1-3H3,(H,29,36)(H,31,35)/t18-,19+,20?,22?/m1/s1. The summed E-state index contributed by atoms with van der Waals surface area (Å²) in [5.41, 5.74) is 1.81. The molecule has 1 saturated carbocycles. The first kappa shape index (κ1) is 27.3. The number of likely N-dealkylation sites (N-methyl/N-ethyl adjacent to an activating group) is 1. The lowest BCUT2D eigenvalue weighted by atomic mass is 9.70. The molecule has 1 aromatic carbocycles. The zero-order valence-electron chi connectivity index (χ0n) is 22.4. The van der Waals surface area contributed by atoms with Gasteiger partial charge < -0.3 is 25.5 Å². The fourth-order valence-electron chi connectivity index (χ4n) is 5.98. The number of hydrogen-bond acceptors (Lipinski definition) is 7. The molecular formula is C28H35N5O5S. The van der Waals surface area contributed by atoms with Crippen LogP contribution >= 0.6 is 11.3 Å². The van der Waals surface area contributed by atoms with Crippen molar-refractivity contribution in [2.75, 3.05) is 33.2 Å². The van der Waals surface area contributed by atoms with E-state index < -0.39 is 35.3 Å². The first-order valence-corrected chi connectivity index (χ1v) is 14.1. The van der Waals surface area contributed by atoms with Crippen molar-refractivity contribution in [3.8, 4) is 0 Å². The van der Waals surface area contributed by atoms with E-state index in [9.17, 15) is 24.3 Å². The summed E-state index contributed by atoms with van der Waals surface area (Å²) in [4.78, 5) is 60.7. The highest BCUT2D eigenvalue weighted by atomic mass is 32.1. The number of nitrogens with one attached hydrogen (secondary N) is 2. The van der Waals surface area contributed by atoms with Gasteiger partial charge in [-0.25, -0.2) is 0 Å². The van der Waals surface area contributed by atoms with Crippen LogP contribution in [-0.4, -0.2) is 88.9 Å². The van der Waals surface area contributed by atoms with Crippen LogP contribution in [0, 0.1) is 22.7 Å². The van der Waals surface area contributed by atoms with E-state index in [4.69, 9.17) is 0 Å². The van der Waals surface area contributed by atoms with Gasteiger partial charge in [-0.05, 0) is 17.4 Å². The highest BCUT2D eigenvalue weighted by molar-refractivity contribution is 7.11. The topological polar surface area (TPSA) is 132 Å². The molecule has 0 bridgehead atoms. The first-order valence-electron chi connectivity index (χ1n) is 13.3. The molecule has 1 spiro atoms. The molecule has 0 radical (unpaired) electrons. The highest BCUT2D eigenvalue weighted by Crippen LogP contribution is 2.54. The number of nitrogens with zero attached hydrogens (tertiary/aromatic N) is 3. The Morgan fingerprint density at radius 3 is 2.36 bits per heavy atom. The molecule has 2 unspecified atom stereocenters. The van der Waals surface area contributed by atoms with Crippen molar-refractivity contribution in [1.29, 1.82) is 0 Å². The molecule has 3 fully saturated rings. The van der Waals surface area contributed by atoms with Gasteiger partial charge in [-0.2, -0.15) is 0 Å². The number of likely N-dealkylation sites (tertiary alicyclic amines) is 2. The fourth-order valence-corrected chi connectivity index (χ4v) is 6.57. The zero-order valence-corrected chi connectivity index (χ0v) is 23.2. The molecule has 208 valence electrons. The monoisotopic (exact) mass is 553 g/mol. The minimum absolute atomic E-state index is 0.00388. The average molecular weight is 554 g/mol. The number of carbonyl (C=O) groups is 4. The van der Waals surface area contributed by atoms with Crippen LogP contribution in [0.3, 0.4) is 0 Å². The molecule has 3 heterocycles. The summed E-state index contributed by atoms with van der Waals surface area (Å²) in [5.74, 6) is -1.66. The SMILES string of the molecule is CNC(=O)C(NC(=O)[C@@H]1CN(C(=O)c2cncs2)CC12CN(C(=O)[C@H]1CC1(C)C)C2)C(O)Cc1ccccc1. The van der Waals surface area contributed by atoms with Crippen molar-refractivity contribution < 1.29 is 24.3 Å². The molecule has 39 heavy (non-hydrogen) atoms. The van der Waals surface area contributed by atoms with Crippen LogP contribution in [0.2, 0.25) is 0 Å². The number of aliphatic hydroxyl groups is 1. The van der Waals surface area contributed by atoms with Gasteiger partial charge in [-0.15, -0.1) is 11.3 Å². The number of carbonyl (C=O) groups excluding carboxylic acids is 4. The summed E-state index contributed by atoms with van der Waals surface area (Å²) in [6.07, 6.45) is 1.40. The molecule has 2 aliphatic heterocycles. The summed E-state index contributed by atoms with van der Waals surface area (Å²) in [6.45, 7) is 5.39. The molecule has 11 heteroatoms. The van der Waals surface area contributed by atoms with Gasteiger partial charge in [0.1, 0.15) is 10.9 Å². The van der Waals surface area contributed by atoms with Gasteiger partial charge >= 0.3 is 0 Å². The smallest absolute Gasteiger partial charge is 0.265 e. The number of hydrogen-bond donors (Lipinski definition) is 3. The minimum Gasteiger partial charge on any atom is -0.390 e. The molecule has 2 saturated heterocycles. The number of aromatic nitrogens is 1. The summed E-state index contributed by atoms with van der Waals surface area (Å²) in [6, 6.07) is 8.08. The normalized spacial score (nSPS) is 24.0. The molecule has 10 nitrogen and oxygen atoms in total. The lowest BCUT2D eigenvalue weighted by molar-refractivity contribution is -0.152. The number of aliphatic hydroxyl groups excluding tert-OH is 1. The lowest BCUT2D eigenvalue weighted by Crippen LogP contribution is -2.65. The maximum absolute atomic E-state index is 13.8. The van der Waals surface area contributed by atoms with Gasteiger partial charge in [0.15, 0.2) is 0 Å². The minimum atomic E-state index is -1.17. The summed E-state index contributed by atoms with van der Waals surface area (Å²) >= 11 is 1.24. The Kier molecular flexibility index (Phi) is 7.23. The van der Waals surface area contributed by atoms with E-state index >= 15 is 0 Å². The Morgan fingerprint density at radius 1 is 1.10 bits per heavy atom. The van der Waals surface area contributed by atoms with Crippen molar-refractivity contribution in [3.63, 3.8) is 0 Å². The maximum Gasteiger partial charge on any atom is 0.265 e. The molecule has 2 aromatic rings. The zero-order chi connectivity index (χ0) is 27.9. The van der Waals surface area contributed by atoms with Crippen molar-refractivity contribution >= 4 is 35.0 Å². The Morgan fingerprint density at radius 2 is 1.77 bits per heavy atom. The van der Waals surface area contributed by atoms with Crippen LogP contribution in [-0.2, 0) is 20.8 Å². The maximum atomic E-state index is 13.8. The Hall–Kier alpha value is -3.31. The highest BCUT2D eigenvalue weighted by Gasteiger charge is 2.62. The van der Waals surface area contributed by atoms with Crippen molar-refractivity contribution in [1.82, 2.24) is 25.4 Å². The first-order chi connectivity index (χ1) is 18.5. The van der Waals surface area contributed by atoms with Crippen LogP contribution < -0.4 is 10.6 Å². The third kappa shape index (κ3) is 5.29. The van der Waals surface area contributed by atoms with Crippen molar-refractivity contribution in [3.05, 3.63) is 52.5 Å². The van der Waals surface area contributed by atoms with Gasteiger partial charge in [0.05, 0.1) is 23.7 Å². The predicted octanol–water partition coefficient (Wildman–Crippen LogP) is 0.924. The van der Waals surface area contributed by atoms with Crippen LogP contribution in [0.1, 0.15) is 35.5 Å². The predicted molar refractivity (Wildman–Crippen MR) is 145 cm³/mol. The fraction of sp³-hybridized carbons (Fsp3) is 0.536. The average Bonchev–Trinajstić information content (AvgIpc) is 3.28. The molecule has 4 amide bonds. The molecule has 3 aliphatic rings. The molecule has 3 N–H and O–H groups in total. The van der Waals surface area contributed by atoms with E-state index in [1.54, 1.807) is 15.3 Å². The second-order valence-corrected chi connectivity index (χ2v) is 12.6. The molecule has 5 rings (SSSR count). The van der Waals surface area contributed by atoms with Gasteiger partial charge in [0, 0.05) is 51.0 Å². The number of benzene rings is 1. The Balaban J connectivity index is 1.33. The third-order valence-corrected chi connectivity index (χ3v) is 9.29. The van der Waals surface area contributed by atoms with E-state index in [2.05, 4.69) is 29.5 Å². The summed E-state index contributed by atoms with van der Waals surface area (Å²) < 4.78 is 0. The second kappa shape index (κ2) is 10.3. The number of thiazole rings is 1.